The zero-order valence-corrected chi connectivity index (χ0v) is 13.4. The largest absolute Gasteiger partial charge is 0.382 e. The minimum atomic E-state index is 0.365. The van der Waals surface area contributed by atoms with Gasteiger partial charge in [0.1, 0.15) is 0 Å². The maximum absolute atomic E-state index is 6.14. The fourth-order valence-corrected chi connectivity index (χ4v) is 3.33. The number of rotatable bonds is 5. The first-order chi connectivity index (χ1) is 7.51. The summed E-state index contributed by atoms with van der Waals surface area (Å²) in [4.78, 5) is 0. The average molecular weight is 335 g/mol. The van der Waals surface area contributed by atoms with Gasteiger partial charge in [0.2, 0.25) is 5.14 Å². The highest BCUT2D eigenvalue weighted by atomic mass is 127. The number of halogens is 1. The maximum Gasteiger partial charge on any atom is 0.236 e. The van der Waals surface area contributed by atoms with E-state index in [1.54, 1.807) is 0 Å². The summed E-state index contributed by atoms with van der Waals surface area (Å²) in [5, 5.41) is 2.19. The van der Waals surface area contributed by atoms with Crippen molar-refractivity contribution in [2.24, 2.45) is 23.7 Å². The quantitative estimate of drug-likeness (QED) is 0.543. The van der Waals surface area contributed by atoms with E-state index >= 15 is 0 Å². The van der Waals surface area contributed by atoms with Gasteiger partial charge in [0, 0.05) is 6.00 Å². The molecule has 0 aliphatic carbocycles. The van der Waals surface area contributed by atoms with Crippen LogP contribution in [-0.4, -0.2) is 17.2 Å². The van der Waals surface area contributed by atoms with Crippen molar-refractivity contribution in [1.29, 1.82) is 0 Å². The van der Waals surface area contributed by atoms with Crippen molar-refractivity contribution >= 4 is 27.5 Å². The number of ether oxygens (including phenoxy) is 1. The van der Waals surface area contributed by atoms with Crippen LogP contribution >= 0.6 is 22.4 Å². The summed E-state index contributed by atoms with van der Waals surface area (Å²) >= 11 is 2.33. The van der Waals surface area contributed by atoms with Crippen molar-refractivity contribution in [3.05, 3.63) is 0 Å². The van der Waals surface area contributed by atoms with E-state index in [1.807, 2.05) is 0 Å². The Hall–Kier alpha value is 0.755. The second-order valence-corrected chi connectivity index (χ2v) is 6.30. The molecule has 93 valence electrons. The third-order valence-electron chi connectivity index (χ3n) is 4.61. The Morgan fingerprint density at radius 1 is 1.19 bits per heavy atom. The zero-order valence-electron chi connectivity index (χ0n) is 11.2. The van der Waals surface area contributed by atoms with Crippen LogP contribution in [0.1, 0.15) is 47.5 Å². The fraction of sp³-hybridized carbons (Fsp3) is 1.00. The third kappa shape index (κ3) is 3.38. The smallest absolute Gasteiger partial charge is 0.236 e. The molecular weight excluding hydrogens is 310 g/mol. The Balaban J connectivity index is 2.49. The molecule has 0 spiro atoms. The van der Waals surface area contributed by atoms with Crippen LogP contribution in [0.2, 0.25) is 0 Å². The summed E-state index contributed by atoms with van der Waals surface area (Å²) in [7, 11) is 0. The van der Waals surface area contributed by atoms with Gasteiger partial charge in [0.25, 0.3) is 0 Å². The number of hydrogen-bond donors (Lipinski definition) is 0. The van der Waals surface area contributed by atoms with E-state index in [-0.39, 0.29) is 0 Å². The molecule has 1 rings (SSSR count). The van der Waals surface area contributed by atoms with Gasteiger partial charge in [-0.05, 0) is 30.1 Å². The summed E-state index contributed by atoms with van der Waals surface area (Å²) in [6, 6.07) is 0.365. The van der Waals surface area contributed by atoms with Crippen LogP contribution in [-0.2, 0) is 4.74 Å². The average Bonchev–Trinajstić information content (AvgIpc) is 2.55. The Kier molecular flexibility index (Phi) is 6.13. The van der Waals surface area contributed by atoms with E-state index < -0.39 is 0 Å². The van der Waals surface area contributed by atoms with E-state index in [9.17, 15) is 0 Å². The highest BCUT2D eigenvalue weighted by Crippen LogP contribution is 2.36. The molecule has 1 aliphatic rings. The van der Waals surface area contributed by atoms with Crippen molar-refractivity contribution in [1.82, 2.24) is 0 Å². The van der Waals surface area contributed by atoms with Gasteiger partial charge < -0.3 is 4.74 Å². The van der Waals surface area contributed by atoms with Crippen molar-refractivity contribution in [2.45, 2.75) is 59.6 Å². The molecule has 1 radical (unpaired) electrons. The lowest BCUT2D eigenvalue weighted by molar-refractivity contribution is 0.0490. The molecule has 1 fully saturated rings. The molecule has 0 amide bonds. The van der Waals surface area contributed by atoms with Gasteiger partial charge in [0.15, 0.2) is 0 Å². The van der Waals surface area contributed by atoms with E-state index in [1.165, 1.54) is 12.8 Å². The Morgan fingerprint density at radius 2 is 1.81 bits per heavy atom. The van der Waals surface area contributed by atoms with Crippen LogP contribution < -0.4 is 0 Å². The molecule has 1 aliphatic heterocycles. The lowest BCUT2D eigenvalue weighted by Crippen LogP contribution is -2.21. The highest BCUT2D eigenvalue weighted by Gasteiger charge is 2.39. The van der Waals surface area contributed by atoms with Gasteiger partial charge >= 0.3 is 0 Å². The molecule has 16 heavy (non-hydrogen) atoms. The normalized spacial score (nSPS) is 38.4. The Bertz CT molecular complexity index is 212. The van der Waals surface area contributed by atoms with Crippen LogP contribution in [0.5, 0.6) is 0 Å². The van der Waals surface area contributed by atoms with Crippen LogP contribution in [0.3, 0.4) is 0 Å². The SMILES string of the molecule is CC[C@H](C)[C@H](C)C[C@@H]1OC([B]I)C(C)C1C. The van der Waals surface area contributed by atoms with Gasteiger partial charge in [-0.2, -0.15) is 22.4 Å². The predicted molar refractivity (Wildman–Crippen MR) is 80.0 cm³/mol. The fourth-order valence-electron chi connectivity index (χ4n) is 2.50. The summed E-state index contributed by atoms with van der Waals surface area (Å²) in [6.45, 7) is 11.7. The van der Waals surface area contributed by atoms with E-state index in [0.29, 0.717) is 23.9 Å². The zero-order chi connectivity index (χ0) is 12.3. The topological polar surface area (TPSA) is 9.23 Å². The van der Waals surface area contributed by atoms with E-state index in [4.69, 9.17) is 4.74 Å². The molecule has 1 heterocycles. The van der Waals surface area contributed by atoms with Crippen molar-refractivity contribution in [3.63, 3.8) is 0 Å². The van der Waals surface area contributed by atoms with Gasteiger partial charge in [0.05, 0.1) is 6.10 Å². The predicted octanol–water partition coefficient (Wildman–Crippen LogP) is 4.11. The van der Waals surface area contributed by atoms with E-state index in [0.717, 1.165) is 11.8 Å². The van der Waals surface area contributed by atoms with Gasteiger partial charge in [-0.1, -0.05) is 41.0 Å². The van der Waals surface area contributed by atoms with E-state index in [2.05, 4.69) is 62.1 Å². The standard InChI is InChI=1S/C13H25BIO/c1-6-8(2)9(3)7-12-10(4)11(5)13(14-15)16-12/h8-13H,6-7H2,1-5H3/t8-,9+,10?,11?,12-,13?/m0/s1. The Morgan fingerprint density at radius 3 is 2.25 bits per heavy atom. The molecule has 6 atom stereocenters. The second-order valence-electron chi connectivity index (χ2n) is 5.58. The first-order valence-electron chi connectivity index (χ1n) is 6.60. The van der Waals surface area contributed by atoms with Crippen molar-refractivity contribution in [3.8, 4) is 0 Å². The molecule has 3 unspecified atom stereocenters. The molecule has 1 nitrogen and oxygen atoms in total. The lowest BCUT2D eigenvalue weighted by Gasteiger charge is -2.24. The molecule has 0 saturated carbocycles. The molecule has 3 heteroatoms. The van der Waals surface area contributed by atoms with Crippen LogP contribution in [0.4, 0.5) is 0 Å². The molecule has 0 aromatic carbocycles. The van der Waals surface area contributed by atoms with Gasteiger partial charge in [-0.25, -0.2) is 0 Å². The summed E-state index contributed by atoms with van der Waals surface area (Å²) < 4.78 is 6.14. The van der Waals surface area contributed by atoms with Gasteiger partial charge in [-0.3, -0.25) is 0 Å². The molecule has 0 N–H and O–H groups in total. The van der Waals surface area contributed by atoms with Gasteiger partial charge in [-0.15, -0.1) is 0 Å². The Labute approximate surface area is 115 Å². The van der Waals surface area contributed by atoms with Crippen LogP contribution in [0.15, 0.2) is 0 Å². The lowest BCUT2D eigenvalue weighted by atomic mass is 9.79. The van der Waals surface area contributed by atoms with Crippen molar-refractivity contribution < 1.29 is 4.74 Å². The first-order valence-corrected chi connectivity index (χ1v) is 7.84. The number of hydrogen-bond acceptors (Lipinski definition) is 1. The maximum atomic E-state index is 6.14. The van der Waals surface area contributed by atoms with Crippen LogP contribution in [0.25, 0.3) is 0 Å². The van der Waals surface area contributed by atoms with Crippen molar-refractivity contribution in [2.75, 3.05) is 0 Å². The summed E-state index contributed by atoms with van der Waals surface area (Å²) in [6.07, 6.45) is 2.97. The van der Waals surface area contributed by atoms with Crippen LogP contribution in [0, 0.1) is 23.7 Å². The minimum Gasteiger partial charge on any atom is -0.382 e. The second kappa shape index (κ2) is 6.62. The third-order valence-corrected chi connectivity index (χ3v) is 5.32. The first kappa shape index (κ1) is 14.8. The minimum absolute atomic E-state index is 0.365. The molecule has 0 aromatic heterocycles. The monoisotopic (exact) mass is 335 g/mol. The molecular formula is C13H25BIO. The highest BCUT2D eigenvalue weighted by molar-refractivity contribution is 14.1. The summed E-state index contributed by atoms with van der Waals surface area (Å²) in [5.74, 6) is 2.96. The molecule has 0 aromatic rings. The molecule has 0 bridgehead atoms. The summed E-state index contributed by atoms with van der Waals surface area (Å²) in [5.41, 5.74) is 0. The molecule has 1 saturated heterocycles.